The highest BCUT2D eigenvalue weighted by atomic mass is 15.2. The van der Waals surface area contributed by atoms with Crippen LogP contribution in [0.5, 0.6) is 0 Å². The van der Waals surface area contributed by atoms with Crippen molar-refractivity contribution in [2.45, 2.75) is 0 Å². The van der Waals surface area contributed by atoms with Crippen molar-refractivity contribution in [2.24, 2.45) is 0 Å². The molecule has 0 amide bonds. The number of para-hydroxylation sites is 3. The third-order valence-corrected chi connectivity index (χ3v) is 6.89. The fourth-order valence-corrected chi connectivity index (χ4v) is 5.37. The second-order valence-corrected chi connectivity index (χ2v) is 8.86. The third kappa shape index (κ3) is 2.61. The topological polar surface area (TPSA) is 61.4 Å². The molecule has 8 aromatic rings. The summed E-state index contributed by atoms with van der Waals surface area (Å²) in [5.41, 5.74) is 6.80. The maximum absolute atomic E-state index is 4.79. The molecule has 168 valence electrons. The summed E-state index contributed by atoms with van der Waals surface area (Å²) in [6.45, 7) is 0. The molecule has 0 atom stereocenters. The summed E-state index contributed by atoms with van der Waals surface area (Å²) in [6.07, 6.45) is 5.06. The van der Waals surface area contributed by atoms with Gasteiger partial charge in [0, 0.05) is 39.6 Å². The van der Waals surface area contributed by atoms with Crippen LogP contribution in [0.2, 0.25) is 0 Å². The van der Waals surface area contributed by atoms with E-state index >= 15 is 0 Å². The Morgan fingerprint density at radius 2 is 1.14 bits per heavy atom. The summed E-state index contributed by atoms with van der Waals surface area (Å²) < 4.78 is 4.46. The number of fused-ring (bicyclic) bond motifs is 7. The van der Waals surface area contributed by atoms with Crippen molar-refractivity contribution in [1.29, 1.82) is 0 Å². The maximum atomic E-state index is 4.79. The van der Waals surface area contributed by atoms with Gasteiger partial charge < -0.3 is 4.57 Å². The minimum atomic E-state index is 0.577. The number of benzene rings is 4. The lowest BCUT2D eigenvalue weighted by atomic mass is 10.1. The van der Waals surface area contributed by atoms with Crippen LogP contribution < -0.4 is 0 Å². The Morgan fingerprint density at radius 3 is 1.92 bits per heavy atom. The average molecular weight is 463 g/mol. The lowest BCUT2D eigenvalue weighted by molar-refractivity contribution is 0.995. The molecule has 4 aromatic carbocycles. The standard InChI is InChI=1S/C30H18N6/c1-2-8-19(9-3-1)35-25-12-6-4-10-20(25)22-16-23-21-11-5-7-13-26(21)36(28(23)17-27(22)35)30-33-18-24-29(34-30)32-15-14-31-24/h1-18H. The van der Waals surface area contributed by atoms with Crippen molar-refractivity contribution in [1.82, 2.24) is 29.1 Å². The van der Waals surface area contributed by atoms with Gasteiger partial charge in [-0.25, -0.2) is 15.0 Å². The molecule has 0 radical (unpaired) electrons. The molecule has 0 bridgehead atoms. The number of aromatic nitrogens is 6. The van der Waals surface area contributed by atoms with Crippen LogP contribution in [0, 0.1) is 0 Å². The normalized spacial score (nSPS) is 11.9. The van der Waals surface area contributed by atoms with Gasteiger partial charge in [0.2, 0.25) is 5.95 Å². The Morgan fingerprint density at radius 1 is 0.500 bits per heavy atom. The Hall–Kier alpha value is -5.10. The van der Waals surface area contributed by atoms with Crippen molar-refractivity contribution in [3.63, 3.8) is 0 Å². The monoisotopic (exact) mass is 462 g/mol. The van der Waals surface area contributed by atoms with E-state index in [-0.39, 0.29) is 0 Å². The molecule has 6 nitrogen and oxygen atoms in total. The number of nitrogens with zero attached hydrogens (tertiary/aromatic N) is 6. The van der Waals surface area contributed by atoms with E-state index in [4.69, 9.17) is 9.97 Å². The molecule has 0 aliphatic carbocycles. The molecule has 8 rings (SSSR count). The summed E-state index contributed by atoms with van der Waals surface area (Å²) >= 11 is 0. The van der Waals surface area contributed by atoms with Gasteiger partial charge in [0.05, 0.1) is 28.3 Å². The van der Waals surface area contributed by atoms with Crippen molar-refractivity contribution in [2.75, 3.05) is 0 Å². The smallest absolute Gasteiger partial charge is 0.236 e. The molecule has 0 unspecified atom stereocenters. The number of hydrogen-bond acceptors (Lipinski definition) is 4. The first-order valence-corrected chi connectivity index (χ1v) is 11.8. The molecular weight excluding hydrogens is 444 g/mol. The van der Waals surface area contributed by atoms with Gasteiger partial charge in [0.1, 0.15) is 5.52 Å². The first kappa shape index (κ1) is 19.2. The minimum Gasteiger partial charge on any atom is -0.309 e. The van der Waals surface area contributed by atoms with Gasteiger partial charge in [-0.15, -0.1) is 0 Å². The first-order valence-electron chi connectivity index (χ1n) is 11.8. The fourth-order valence-electron chi connectivity index (χ4n) is 5.37. The Balaban J connectivity index is 1.55. The highest BCUT2D eigenvalue weighted by Crippen LogP contribution is 2.39. The zero-order chi connectivity index (χ0) is 23.6. The lowest BCUT2D eigenvalue weighted by Crippen LogP contribution is -2.02. The minimum absolute atomic E-state index is 0.577. The zero-order valence-electron chi connectivity index (χ0n) is 19.1. The largest absolute Gasteiger partial charge is 0.309 e. The van der Waals surface area contributed by atoms with Crippen LogP contribution in [-0.4, -0.2) is 29.1 Å². The van der Waals surface area contributed by atoms with E-state index in [9.17, 15) is 0 Å². The third-order valence-electron chi connectivity index (χ3n) is 6.89. The van der Waals surface area contributed by atoms with Gasteiger partial charge in [-0.1, -0.05) is 54.6 Å². The van der Waals surface area contributed by atoms with Crippen LogP contribution >= 0.6 is 0 Å². The van der Waals surface area contributed by atoms with Crippen LogP contribution in [0.25, 0.3) is 66.4 Å². The van der Waals surface area contributed by atoms with Gasteiger partial charge in [-0.2, -0.15) is 4.98 Å². The molecule has 36 heavy (non-hydrogen) atoms. The van der Waals surface area contributed by atoms with Crippen molar-refractivity contribution in [3.05, 3.63) is 110 Å². The van der Waals surface area contributed by atoms with E-state index in [1.165, 1.54) is 16.3 Å². The summed E-state index contributed by atoms with van der Waals surface area (Å²) in [7, 11) is 0. The summed E-state index contributed by atoms with van der Waals surface area (Å²) in [4.78, 5) is 18.2. The van der Waals surface area contributed by atoms with Crippen LogP contribution in [0.1, 0.15) is 0 Å². The molecule has 0 saturated heterocycles. The molecule has 0 aliphatic rings. The lowest BCUT2D eigenvalue weighted by Gasteiger charge is -2.09. The van der Waals surface area contributed by atoms with E-state index < -0.39 is 0 Å². The van der Waals surface area contributed by atoms with Crippen LogP contribution in [0.3, 0.4) is 0 Å². The summed E-state index contributed by atoms with van der Waals surface area (Å²) in [6, 6.07) is 32.1. The molecule has 0 aliphatic heterocycles. The highest BCUT2D eigenvalue weighted by molar-refractivity contribution is 6.19. The van der Waals surface area contributed by atoms with Crippen LogP contribution in [0.15, 0.2) is 110 Å². The van der Waals surface area contributed by atoms with Crippen LogP contribution in [0.4, 0.5) is 0 Å². The van der Waals surface area contributed by atoms with E-state index in [0.29, 0.717) is 17.1 Å². The van der Waals surface area contributed by atoms with Gasteiger partial charge in [0.15, 0.2) is 5.65 Å². The Labute approximate surface area is 205 Å². The second kappa shape index (κ2) is 7.20. The van der Waals surface area contributed by atoms with E-state index in [1.807, 2.05) is 6.07 Å². The Bertz CT molecular complexity index is 2100. The van der Waals surface area contributed by atoms with Gasteiger partial charge in [0.25, 0.3) is 0 Å². The molecule has 6 heteroatoms. The summed E-state index contributed by atoms with van der Waals surface area (Å²) in [5, 5.41) is 4.77. The first-order chi connectivity index (χ1) is 17.9. The molecule has 0 fully saturated rings. The molecule has 0 saturated carbocycles. The molecule has 0 N–H and O–H groups in total. The fraction of sp³-hybridized carbons (Fsp3) is 0. The molecule has 4 heterocycles. The number of rotatable bonds is 2. The average Bonchev–Trinajstić information content (AvgIpc) is 3.44. The van der Waals surface area contributed by atoms with Gasteiger partial charge in [-0.3, -0.25) is 4.57 Å². The van der Waals surface area contributed by atoms with Crippen molar-refractivity contribution < 1.29 is 0 Å². The Kier molecular flexibility index (Phi) is 3.85. The van der Waals surface area contributed by atoms with E-state index in [2.05, 4.69) is 104 Å². The predicted octanol–water partition coefficient (Wildman–Crippen LogP) is 6.61. The quantitative estimate of drug-likeness (QED) is 0.290. The highest BCUT2D eigenvalue weighted by Gasteiger charge is 2.19. The molecule has 4 aromatic heterocycles. The second-order valence-electron chi connectivity index (χ2n) is 8.86. The van der Waals surface area contributed by atoms with Gasteiger partial charge >= 0.3 is 0 Å². The number of hydrogen-bond donors (Lipinski definition) is 0. The maximum Gasteiger partial charge on any atom is 0.236 e. The van der Waals surface area contributed by atoms with Crippen molar-refractivity contribution in [3.8, 4) is 11.6 Å². The van der Waals surface area contributed by atoms with E-state index in [0.717, 1.165) is 33.0 Å². The van der Waals surface area contributed by atoms with Crippen molar-refractivity contribution >= 4 is 54.8 Å². The van der Waals surface area contributed by atoms with Gasteiger partial charge in [-0.05, 0) is 36.4 Å². The van der Waals surface area contributed by atoms with E-state index in [1.54, 1.807) is 18.6 Å². The SMILES string of the molecule is c1ccc(-n2c3ccccc3c3cc4c5ccccc5n(-c5ncc6nccnc6n5)c4cc32)cc1. The molecular formula is C30H18N6. The predicted molar refractivity (Wildman–Crippen MR) is 144 cm³/mol. The summed E-state index contributed by atoms with van der Waals surface area (Å²) in [5.74, 6) is 0.580. The zero-order valence-corrected chi connectivity index (χ0v) is 19.1. The van der Waals surface area contributed by atoms with Crippen LogP contribution in [-0.2, 0) is 0 Å². The molecule has 0 spiro atoms.